The topological polar surface area (TPSA) is 295 Å². The number of H-pyrrole nitrogens is 2. The predicted molar refractivity (Wildman–Crippen MR) is 203 cm³/mol. The molecule has 3 aromatic heterocycles. The number of rotatable bonds is 18. The average molecular weight is 785 g/mol. The lowest BCUT2D eigenvalue weighted by Crippen LogP contribution is -2.58. The predicted octanol–water partition coefficient (Wildman–Crippen LogP) is 1.03. The average Bonchev–Trinajstić information content (AvgIpc) is 3.81. The van der Waals surface area contributed by atoms with Gasteiger partial charge in [-0.15, -0.1) is 0 Å². The Bertz CT molecular complexity index is 2370. The van der Waals surface area contributed by atoms with E-state index in [1.807, 2.05) is 18.2 Å². The molecule has 0 radical (unpaired) electrons. The van der Waals surface area contributed by atoms with Crippen molar-refractivity contribution in [1.82, 2.24) is 36.2 Å². The Hall–Kier alpha value is -7.31. The summed E-state index contributed by atoms with van der Waals surface area (Å²) in [5, 5.41) is 32.9. The highest BCUT2D eigenvalue weighted by molar-refractivity contribution is 6.01. The number of carbonyl (C=O) groups is 7. The zero-order valence-electron chi connectivity index (χ0n) is 30.7. The maximum Gasteiger partial charge on any atom is 0.336 e. The van der Waals surface area contributed by atoms with Gasteiger partial charge in [0.25, 0.3) is 0 Å². The van der Waals surface area contributed by atoms with Crippen molar-refractivity contribution in [3.63, 3.8) is 0 Å². The third-order valence-corrected chi connectivity index (χ3v) is 8.92. The number of para-hydroxylation sites is 1. The van der Waals surface area contributed by atoms with Crippen LogP contribution in [0.4, 0.5) is 5.69 Å². The summed E-state index contributed by atoms with van der Waals surface area (Å²) >= 11 is 0. The maximum atomic E-state index is 13.8. The van der Waals surface area contributed by atoms with Gasteiger partial charge in [0.05, 0.1) is 12.7 Å². The number of aryl methyl sites for hydroxylation is 1. The van der Waals surface area contributed by atoms with Crippen molar-refractivity contribution in [2.45, 2.75) is 70.1 Å². The highest BCUT2D eigenvalue weighted by Gasteiger charge is 2.33. The molecule has 0 aliphatic rings. The van der Waals surface area contributed by atoms with Crippen LogP contribution in [0.1, 0.15) is 43.0 Å². The number of aromatic amines is 2. The van der Waals surface area contributed by atoms with Crippen LogP contribution in [0.2, 0.25) is 0 Å². The monoisotopic (exact) mass is 784 g/mol. The molecular weight excluding hydrogens is 744 g/mol. The van der Waals surface area contributed by atoms with E-state index in [1.165, 1.54) is 37.6 Å². The standard InChI is InChI=1S/C38H40N8O11/c1-19-11-34(52)57-31-14-22(7-8-24(19)31)43-36(54)30(15-33(50)51)46-38(56)29(13-23-17-39-18-41-23)45-35(53)27(9-10-32(48)49)44-37(55)28(42-20(2)47)12-21-16-40-26-6-4-3-5-25(21)26/h3-8,11,14,16-18,27-30,40H,9-10,12-13,15H2,1-2H3,(H,39,41)(H,42,47)(H,43,54)(H,44,55)(H,45,53)(H,46,56)(H,48,49)(H,50,51)/t27-,28-,29-,30-/m0/s1. The molecule has 0 fully saturated rings. The first-order valence-corrected chi connectivity index (χ1v) is 17.7. The molecule has 9 N–H and O–H groups in total. The number of carboxylic acid groups (broad SMARTS) is 2. The molecule has 0 aliphatic carbocycles. The van der Waals surface area contributed by atoms with E-state index >= 15 is 0 Å². The van der Waals surface area contributed by atoms with E-state index < -0.39 is 90.5 Å². The summed E-state index contributed by atoms with van der Waals surface area (Å²) < 4.78 is 5.22. The van der Waals surface area contributed by atoms with Crippen LogP contribution in [-0.2, 0) is 46.4 Å². The number of nitrogens with one attached hydrogen (secondary N) is 7. The van der Waals surface area contributed by atoms with Crippen LogP contribution in [0.5, 0.6) is 0 Å². The molecule has 0 saturated carbocycles. The molecule has 19 nitrogen and oxygen atoms in total. The fourth-order valence-corrected chi connectivity index (χ4v) is 6.17. The largest absolute Gasteiger partial charge is 0.481 e. The first-order chi connectivity index (χ1) is 27.2. The van der Waals surface area contributed by atoms with Gasteiger partial charge in [-0.05, 0) is 42.7 Å². The lowest BCUT2D eigenvalue weighted by Gasteiger charge is -2.26. The van der Waals surface area contributed by atoms with Crippen LogP contribution in [0, 0.1) is 6.92 Å². The summed E-state index contributed by atoms with van der Waals surface area (Å²) in [5.41, 5.74) is 2.12. The second kappa shape index (κ2) is 18.3. The Labute approximate surface area is 323 Å². The minimum absolute atomic E-state index is 0.00781. The summed E-state index contributed by atoms with van der Waals surface area (Å²) in [6, 6.07) is 7.13. The van der Waals surface area contributed by atoms with Crippen molar-refractivity contribution in [1.29, 1.82) is 0 Å². The Morgan fingerprint density at radius 2 is 1.46 bits per heavy atom. The molecule has 4 atom stereocenters. The molecule has 57 heavy (non-hydrogen) atoms. The van der Waals surface area contributed by atoms with E-state index in [-0.39, 0.29) is 24.1 Å². The van der Waals surface area contributed by atoms with Gasteiger partial charge in [0.2, 0.25) is 29.5 Å². The van der Waals surface area contributed by atoms with Gasteiger partial charge < -0.3 is 51.2 Å². The lowest BCUT2D eigenvalue weighted by molar-refractivity contribution is -0.140. The number of hydrogen-bond donors (Lipinski definition) is 9. The van der Waals surface area contributed by atoms with Gasteiger partial charge in [0.15, 0.2) is 0 Å². The van der Waals surface area contributed by atoms with Crippen LogP contribution >= 0.6 is 0 Å². The number of benzene rings is 2. The normalized spacial score (nSPS) is 13.2. The molecule has 0 bridgehead atoms. The first-order valence-electron chi connectivity index (χ1n) is 17.7. The number of carboxylic acids is 2. The number of amides is 5. The van der Waals surface area contributed by atoms with E-state index in [9.17, 15) is 48.6 Å². The van der Waals surface area contributed by atoms with E-state index in [0.717, 1.165) is 10.9 Å². The number of anilines is 1. The summed E-state index contributed by atoms with van der Waals surface area (Å²) in [5.74, 6) is -7.00. The third-order valence-electron chi connectivity index (χ3n) is 8.92. The van der Waals surface area contributed by atoms with Crippen molar-refractivity contribution >= 4 is 69.0 Å². The molecule has 2 aromatic carbocycles. The number of aromatic nitrogens is 3. The Morgan fingerprint density at radius 1 is 0.772 bits per heavy atom. The van der Waals surface area contributed by atoms with Crippen molar-refractivity contribution in [2.24, 2.45) is 0 Å². The second-order valence-electron chi connectivity index (χ2n) is 13.3. The van der Waals surface area contributed by atoms with Gasteiger partial charge in [-0.3, -0.25) is 33.6 Å². The minimum atomic E-state index is -1.68. The van der Waals surface area contributed by atoms with Crippen LogP contribution < -0.4 is 32.2 Å². The van der Waals surface area contributed by atoms with Gasteiger partial charge in [0, 0.05) is 78.4 Å². The molecule has 0 spiro atoms. The summed E-state index contributed by atoms with van der Waals surface area (Å²) in [7, 11) is 0. The molecule has 5 amide bonds. The van der Waals surface area contributed by atoms with E-state index in [2.05, 4.69) is 41.5 Å². The van der Waals surface area contributed by atoms with Crippen LogP contribution in [0.3, 0.4) is 0 Å². The summed E-state index contributed by atoms with van der Waals surface area (Å²) in [6.07, 6.45) is 2.25. The molecule has 0 aliphatic heterocycles. The fraction of sp³-hybridized carbons (Fsp3) is 0.289. The first kappa shape index (κ1) is 40.9. The fourth-order valence-electron chi connectivity index (χ4n) is 6.17. The van der Waals surface area contributed by atoms with Crippen molar-refractivity contribution in [3.8, 4) is 0 Å². The van der Waals surface area contributed by atoms with Crippen LogP contribution in [0.15, 0.2) is 76.5 Å². The van der Waals surface area contributed by atoms with Crippen molar-refractivity contribution in [2.75, 3.05) is 5.32 Å². The number of carbonyl (C=O) groups excluding carboxylic acids is 5. The molecule has 5 aromatic rings. The van der Waals surface area contributed by atoms with Gasteiger partial charge in [-0.1, -0.05) is 18.2 Å². The van der Waals surface area contributed by atoms with Gasteiger partial charge in [-0.25, -0.2) is 9.78 Å². The number of imidazole rings is 1. The van der Waals surface area contributed by atoms with Crippen molar-refractivity contribution in [3.05, 3.63) is 94.5 Å². The second-order valence-corrected chi connectivity index (χ2v) is 13.3. The Kier molecular flexibility index (Phi) is 13.2. The number of hydrogen-bond acceptors (Lipinski definition) is 10. The maximum absolute atomic E-state index is 13.8. The van der Waals surface area contributed by atoms with E-state index in [4.69, 9.17) is 4.42 Å². The highest BCUT2D eigenvalue weighted by atomic mass is 16.4. The molecular formula is C38H40N8O11. The number of aliphatic carboxylic acids is 2. The summed E-state index contributed by atoms with van der Waals surface area (Å²) in [4.78, 5) is 112. The Morgan fingerprint density at radius 3 is 2.14 bits per heavy atom. The van der Waals surface area contributed by atoms with Crippen molar-refractivity contribution < 1.29 is 48.2 Å². The van der Waals surface area contributed by atoms with E-state index in [1.54, 1.807) is 25.3 Å². The van der Waals surface area contributed by atoms with Gasteiger partial charge in [-0.2, -0.15) is 0 Å². The molecule has 19 heteroatoms. The quantitative estimate of drug-likeness (QED) is 0.0563. The molecule has 5 rings (SSSR count). The lowest BCUT2D eigenvalue weighted by atomic mass is 10.0. The third kappa shape index (κ3) is 11.1. The van der Waals surface area contributed by atoms with Crippen LogP contribution in [0.25, 0.3) is 21.9 Å². The molecule has 298 valence electrons. The molecule has 0 unspecified atom stereocenters. The molecule has 3 heterocycles. The van der Waals surface area contributed by atoms with E-state index in [0.29, 0.717) is 22.2 Å². The zero-order valence-corrected chi connectivity index (χ0v) is 30.7. The number of fused-ring (bicyclic) bond motifs is 2. The highest BCUT2D eigenvalue weighted by Crippen LogP contribution is 2.22. The smallest absolute Gasteiger partial charge is 0.336 e. The van der Waals surface area contributed by atoms with Gasteiger partial charge >= 0.3 is 17.6 Å². The summed E-state index contributed by atoms with van der Waals surface area (Å²) in [6.45, 7) is 2.91. The number of nitrogens with zero attached hydrogens (tertiary/aromatic N) is 1. The Balaban J connectivity index is 1.35. The van der Waals surface area contributed by atoms with Crippen LogP contribution in [-0.4, -0.2) is 90.8 Å². The zero-order chi connectivity index (χ0) is 41.2. The minimum Gasteiger partial charge on any atom is -0.481 e. The SMILES string of the molecule is CC(=O)N[C@@H](Cc1c[nH]c2ccccc12)C(=O)N[C@@H](CCC(=O)O)C(=O)N[C@@H](Cc1cnc[nH]1)C(=O)N[C@@H](CC(=O)O)C(=O)Nc1ccc2c(C)cc(=O)oc2c1. The van der Waals surface area contributed by atoms with Gasteiger partial charge in [0.1, 0.15) is 29.8 Å². The molecule has 0 saturated heterocycles.